The van der Waals surface area contributed by atoms with E-state index in [0.29, 0.717) is 33.8 Å². The van der Waals surface area contributed by atoms with E-state index in [4.69, 9.17) is 23.8 Å². The van der Waals surface area contributed by atoms with E-state index in [1.54, 1.807) is 35.7 Å². The zero-order valence-corrected chi connectivity index (χ0v) is 22.8. The number of anilines is 1. The van der Waals surface area contributed by atoms with Gasteiger partial charge in [0.25, 0.3) is 5.91 Å². The first-order chi connectivity index (χ1) is 17.3. The lowest BCUT2D eigenvalue weighted by Gasteiger charge is -2.33. The highest BCUT2D eigenvalue weighted by molar-refractivity contribution is 7.80. The van der Waals surface area contributed by atoms with Gasteiger partial charge in [0.15, 0.2) is 5.11 Å². The third-order valence-electron chi connectivity index (χ3n) is 6.27. The molecule has 2 aromatic carbocycles. The van der Waals surface area contributed by atoms with Crippen LogP contribution in [0.25, 0.3) is 11.1 Å². The van der Waals surface area contributed by atoms with Crippen molar-refractivity contribution in [2.24, 2.45) is 5.92 Å². The number of benzene rings is 2. The molecule has 1 amide bonds. The Morgan fingerprint density at radius 1 is 1.22 bits per heavy atom. The fourth-order valence-corrected chi connectivity index (χ4v) is 5.55. The maximum absolute atomic E-state index is 14.0. The van der Waals surface area contributed by atoms with Crippen LogP contribution < -0.4 is 10.6 Å². The Balaban J connectivity index is 1.37. The van der Waals surface area contributed by atoms with Crippen LogP contribution in [0, 0.1) is 11.7 Å². The molecule has 1 fully saturated rings. The Hall–Kier alpha value is -2.55. The minimum Gasteiger partial charge on any atom is -0.363 e. The molecule has 9 heteroatoms. The van der Waals surface area contributed by atoms with Crippen LogP contribution >= 0.6 is 35.2 Å². The molecule has 190 valence electrons. The van der Waals surface area contributed by atoms with Gasteiger partial charge in [-0.25, -0.2) is 9.37 Å². The van der Waals surface area contributed by atoms with E-state index in [9.17, 15) is 9.18 Å². The summed E-state index contributed by atoms with van der Waals surface area (Å²) in [6.07, 6.45) is 2.98. The average Bonchev–Trinajstić information content (AvgIpc) is 3.36. The Morgan fingerprint density at radius 3 is 2.64 bits per heavy atom. The first kappa shape index (κ1) is 26.5. The van der Waals surface area contributed by atoms with Crippen molar-refractivity contribution in [3.05, 3.63) is 69.4 Å². The number of hydrogen-bond acceptors (Lipinski definition) is 4. The highest BCUT2D eigenvalue weighted by atomic mass is 35.5. The molecule has 0 spiro atoms. The molecular weight excluding hydrogens is 515 g/mol. The number of carbonyl (C=O) groups is 1. The highest BCUT2D eigenvalue weighted by Gasteiger charge is 2.25. The van der Waals surface area contributed by atoms with E-state index in [1.807, 2.05) is 0 Å². The van der Waals surface area contributed by atoms with Crippen LogP contribution in [0.15, 0.2) is 47.8 Å². The molecule has 0 atom stereocenters. The summed E-state index contributed by atoms with van der Waals surface area (Å²) < 4.78 is 14.0. The summed E-state index contributed by atoms with van der Waals surface area (Å²) in [6, 6.07) is 11.4. The van der Waals surface area contributed by atoms with Gasteiger partial charge >= 0.3 is 0 Å². The van der Waals surface area contributed by atoms with Crippen LogP contribution in [-0.2, 0) is 0 Å². The van der Waals surface area contributed by atoms with Gasteiger partial charge < -0.3 is 15.5 Å². The van der Waals surface area contributed by atoms with Crippen molar-refractivity contribution in [2.45, 2.75) is 39.0 Å². The van der Waals surface area contributed by atoms with Crippen LogP contribution in [0.5, 0.6) is 0 Å². The summed E-state index contributed by atoms with van der Waals surface area (Å²) in [7, 11) is 0. The van der Waals surface area contributed by atoms with E-state index < -0.39 is 0 Å². The predicted octanol–water partition coefficient (Wildman–Crippen LogP) is 6.95. The van der Waals surface area contributed by atoms with Gasteiger partial charge in [0.2, 0.25) is 0 Å². The second-order valence-corrected chi connectivity index (χ2v) is 11.1. The minimum absolute atomic E-state index is 0.307. The van der Waals surface area contributed by atoms with Gasteiger partial charge in [-0.3, -0.25) is 4.79 Å². The number of halogens is 2. The number of piperidine rings is 1. The van der Waals surface area contributed by atoms with E-state index in [1.165, 1.54) is 23.5 Å². The second kappa shape index (κ2) is 12.1. The van der Waals surface area contributed by atoms with E-state index >= 15 is 0 Å². The van der Waals surface area contributed by atoms with Crippen LogP contribution in [0.3, 0.4) is 0 Å². The summed E-state index contributed by atoms with van der Waals surface area (Å²) in [5.41, 5.74) is 2.23. The molecule has 0 saturated carbocycles. The molecule has 1 aliphatic heterocycles. The first-order valence-electron chi connectivity index (χ1n) is 12.1. The molecule has 2 heterocycles. The normalized spacial score (nSPS) is 14.2. The van der Waals surface area contributed by atoms with E-state index in [-0.39, 0.29) is 11.7 Å². The monoisotopic (exact) mass is 544 g/mol. The molecule has 0 radical (unpaired) electrons. The number of amides is 1. The van der Waals surface area contributed by atoms with Crippen LogP contribution in [0.4, 0.5) is 10.1 Å². The van der Waals surface area contributed by atoms with E-state index in [0.717, 1.165) is 54.6 Å². The van der Waals surface area contributed by atoms with Crippen molar-refractivity contribution in [2.75, 3.05) is 25.0 Å². The fourth-order valence-electron chi connectivity index (χ4n) is 4.17. The molecule has 0 bridgehead atoms. The number of thiocarbonyl (C=S) groups is 1. The second-order valence-electron chi connectivity index (χ2n) is 9.40. The number of thiazole rings is 1. The van der Waals surface area contributed by atoms with Gasteiger partial charge in [0, 0.05) is 47.2 Å². The van der Waals surface area contributed by atoms with Crippen molar-refractivity contribution < 1.29 is 9.18 Å². The maximum Gasteiger partial charge on any atom is 0.275 e. The lowest BCUT2D eigenvalue weighted by molar-refractivity contribution is 0.102. The standard InChI is InChI=1S/C27H30ClFN4OS2/c1-17(2)9-12-30-27(35)33-13-10-19(11-14-33)26-32-24(16-36-26)25(34)31-23-8-7-21(29)15-22(23)18-3-5-20(28)6-4-18/h3-8,15-17,19H,9-14H2,1-2H3,(H,30,35)(H,31,34). The van der Waals surface area contributed by atoms with Gasteiger partial charge in [0.1, 0.15) is 11.5 Å². The summed E-state index contributed by atoms with van der Waals surface area (Å²) in [5.74, 6) is 0.262. The first-order valence-corrected chi connectivity index (χ1v) is 13.8. The number of rotatable bonds is 7. The molecule has 5 nitrogen and oxygen atoms in total. The van der Waals surface area contributed by atoms with Crippen molar-refractivity contribution >= 4 is 51.9 Å². The predicted molar refractivity (Wildman–Crippen MR) is 151 cm³/mol. The number of carbonyl (C=O) groups excluding carboxylic acids is 1. The zero-order valence-electron chi connectivity index (χ0n) is 20.4. The molecule has 1 aliphatic rings. The molecule has 4 rings (SSSR count). The van der Waals surface area contributed by atoms with Crippen molar-refractivity contribution in [1.82, 2.24) is 15.2 Å². The molecule has 3 aromatic rings. The van der Waals surface area contributed by atoms with Gasteiger partial charge in [0.05, 0.1) is 5.01 Å². The number of hydrogen-bond donors (Lipinski definition) is 2. The molecule has 0 unspecified atom stereocenters. The molecule has 1 saturated heterocycles. The van der Waals surface area contributed by atoms with Gasteiger partial charge in [-0.05, 0) is 73.3 Å². The lowest BCUT2D eigenvalue weighted by atomic mass is 9.98. The smallest absolute Gasteiger partial charge is 0.275 e. The van der Waals surface area contributed by atoms with Crippen LogP contribution in [0.1, 0.15) is 54.5 Å². The van der Waals surface area contributed by atoms with Crippen molar-refractivity contribution in [3.8, 4) is 11.1 Å². The summed E-state index contributed by atoms with van der Waals surface area (Å²) in [5, 5.41) is 10.4. The zero-order chi connectivity index (χ0) is 25.7. The largest absolute Gasteiger partial charge is 0.363 e. The molecule has 36 heavy (non-hydrogen) atoms. The number of nitrogens with one attached hydrogen (secondary N) is 2. The fraction of sp³-hybridized carbons (Fsp3) is 0.370. The molecular formula is C27H30ClFN4OS2. The van der Waals surface area contributed by atoms with Gasteiger partial charge in [-0.15, -0.1) is 11.3 Å². The summed E-state index contributed by atoms with van der Waals surface area (Å²) in [4.78, 5) is 19.9. The van der Waals surface area contributed by atoms with Gasteiger partial charge in [-0.2, -0.15) is 0 Å². The Kier molecular flexibility index (Phi) is 8.93. The molecule has 1 aromatic heterocycles. The summed E-state index contributed by atoms with van der Waals surface area (Å²) in [6.45, 7) is 7.06. The summed E-state index contributed by atoms with van der Waals surface area (Å²) >= 11 is 13.1. The van der Waals surface area contributed by atoms with Crippen molar-refractivity contribution in [1.29, 1.82) is 0 Å². The Morgan fingerprint density at radius 2 is 1.94 bits per heavy atom. The quantitative estimate of drug-likeness (QED) is 0.315. The topological polar surface area (TPSA) is 57.3 Å². The number of nitrogens with zero attached hydrogens (tertiary/aromatic N) is 2. The Labute approximate surface area is 226 Å². The highest BCUT2D eigenvalue weighted by Crippen LogP contribution is 2.32. The third kappa shape index (κ3) is 6.81. The number of aromatic nitrogens is 1. The van der Waals surface area contributed by atoms with Crippen molar-refractivity contribution in [3.63, 3.8) is 0 Å². The minimum atomic E-state index is -0.380. The van der Waals surface area contributed by atoms with Crippen LogP contribution in [0.2, 0.25) is 5.02 Å². The average molecular weight is 545 g/mol. The lowest BCUT2D eigenvalue weighted by Crippen LogP contribution is -2.44. The van der Waals surface area contributed by atoms with Crippen LogP contribution in [-0.4, -0.2) is 40.5 Å². The molecule has 0 aliphatic carbocycles. The van der Waals surface area contributed by atoms with E-state index in [2.05, 4.69) is 34.4 Å². The maximum atomic E-state index is 14.0. The SMILES string of the molecule is CC(C)CCNC(=S)N1CCC(c2nc(C(=O)Nc3ccc(F)cc3-c3ccc(Cl)cc3)cs2)CC1. The number of likely N-dealkylation sites (tertiary alicyclic amines) is 1. The third-order valence-corrected chi connectivity index (χ3v) is 7.93. The Bertz CT molecular complexity index is 1210. The molecule has 2 N–H and O–H groups in total. The van der Waals surface area contributed by atoms with Gasteiger partial charge in [-0.1, -0.05) is 37.6 Å².